The lowest BCUT2D eigenvalue weighted by Gasteiger charge is -2.25. The standard InChI is InChI=1S/C16H22Cl2N2O/c1-19(11-12-5-4-9-20(12)2)10-8-15(21)13-6-3-7-14(17)16(13)18/h3,6-7,12H,4-5,8-11H2,1-2H3. The van der Waals surface area contributed by atoms with Gasteiger partial charge in [0.25, 0.3) is 0 Å². The Hall–Kier alpha value is -0.610. The number of nitrogens with zero attached hydrogens (tertiary/aromatic N) is 2. The monoisotopic (exact) mass is 328 g/mol. The fourth-order valence-corrected chi connectivity index (χ4v) is 3.21. The molecule has 0 aliphatic carbocycles. The lowest BCUT2D eigenvalue weighted by Crippen LogP contribution is -2.37. The van der Waals surface area contributed by atoms with Gasteiger partial charge >= 0.3 is 0 Å². The number of Topliss-reactive ketones (excluding diaryl/α,β-unsaturated/α-hetero) is 1. The number of carbonyl (C=O) groups excluding carboxylic acids is 1. The zero-order valence-electron chi connectivity index (χ0n) is 12.6. The highest BCUT2D eigenvalue weighted by Crippen LogP contribution is 2.26. The van der Waals surface area contributed by atoms with E-state index in [0.717, 1.165) is 13.1 Å². The van der Waals surface area contributed by atoms with Crippen molar-refractivity contribution in [2.45, 2.75) is 25.3 Å². The Kier molecular flexibility index (Phi) is 6.06. The van der Waals surface area contributed by atoms with E-state index >= 15 is 0 Å². The average Bonchev–Trinajstić information content (AvgIpc) is 2.84. The normalized spacial score (nSPS) is 19.4. The lowest BCUT2D eigenvalue weighted by atomic mass is 10.1. The van der Waals surface area contributed by atoms with Crippen molar-refractivity contribution in [2.75, 3.05) is 33.7 Å². The number of ketones is 1. The third kappa shape index (κ3) is 4.43. The van der Waals surface area contributed by atoms with Gasteiger partial charge in [0.1, 0.15) is 0 Å². The minimum atomic E-state index is 0.0501. The third-order valence-corrected chi connectivity index (χ3v) is 4.99. The van der Waals surface area contributed by atoms with Gasteiger partial charge in [-0.05, 0) is 45.6 Å². The molecule has 1 unspecified atom stereocenters. The molecule has 2 rings (SSSR count). The van der Waals surface area contributed by atoms with Crippen LogP contribution < -0.4 is 0 Å². The number of hydrogen-bond acceptors (Lipinski definition) is 3. The van der Waals surface area contributed by atoms with Crippen LogP contribution >= 0.6 is 23.2 Å². The molecule has 0 amide bonds. The number of carbonyl (C=O) groups is 1. The largest absolute Gasteiger partial charge is 0.304 e. The second-order valence-corrected chi connectivity index (χ2v) is 6.60. The molecule has 1 saturated heterocycles. The molecule has 0 N–H and O–H groups in total. The number of likely N-dealkylation sites (tertiary alicyclic amines) is 1. The number of benzene rings is 1. The van der Waals surface area contributed by atoms with Crippen molar-refractivity contribution in [3.8, 4) is 0 Å². The van der Waals surface area contributed by atoms with Crippen molar-refractivity contribution in [1.82, 2.24) is 9.80 Å². The first-order valence-electron chi connectivity index (χ1n) is 7.35. The fraction of sp³-hybridized carbons (Fsp3) is 0.562. The highest BCUT2D eigenvalue weighted by molar-refractivity contribution is 6.43. The first-order chi connectivity index (χ1) is 9.99. The smallest absolute Gasteiger partial charge is 0.165 e. The molecule has 1 fully saturated rings. The maximum Gasteiger partial charge on any atom is 0.165 e. The minimum absolute atomic E-state index is 0.0501. The zero-order chi connectivity index (χ0) is 15.4. The van der Waals surface area contributed by atoms with Crippen molar-refractivity contribution in [3.63, 3.8) is 0 Å². The molecule has 5 heteroatoms. The average molecular weight is 329 g/mol. The van der Waals surface area contributed by atoms with Crippen molar-refractivity contribution in [2.24, 2.45) is 0 Å². The Morgan fingerprint density at radius 1 is 1.43 bits per heavy atom. The van der Waals surface area contributed by atoms with Crippen molar-refractivity contribution < 1.29 is 4.79 Å². The molecule has 3 nitrogen and oxygen atoms in total. The van der Waals surface area contributed by atoms with Crippen LogP contribution in [-0.4, -0.2) is 55.4 Å². The van der Waals surface area contributed by atoms with E-state index in [9.17, 15) is 4.79 Å². The van der Waals surface area contributed by atoms with Crippen LogP contribution in [0.1, 0.15) is 29.6 Å². The summed E-state index contributed by atoms with van der Waals surface area (Å²) in [6.45, 7) is 2.93. The molecular weight excluding hydrogens is 307 g/mol. The van der Waals surface area contributed by atoms with Gasteiger partial charge in [-0.3, -0.25) is 4.79 Å². The van der Waals surface area contributed by atoms with Gasteiger partial charge in [-0.25, -0.2) is 0 Å². The molecule has 1 aromatic carbocycles. The number of hydrogen-bond donors (Lipinski definition) is 0. The van der Waals surface area contributed by atoms with Gasteiger partial charge in [0.15, 0.2) is 5.78 Å². The van der Waals surface area contributed by atoms with Gasteiger partial charge < -0.3 is 9.80 Å². The first kappa shape index (κ1) is 16.8. The summed E-state index contributed by atoms with van der Waals surface area (Å²) in [6, 6.07) is 5.81. The second kappa shape index (κ2) is 7.59. The summed E-state index contributed by atoms with van der Waals surface area (Å²) in [5.41, 5.74) is 0.524. The summed E-state index contributed by atoms with van der Waals surface area (Å²) in [4.78, 5) is 16.9. The molecule has 0 bridgehead atoms. The Labute approximate surface area is 136 Å². The molecule has 116 valence electrons. The summed E-state index contributed by atoms with van der Waals surface area (Å²) < 4.78 is 0. The molecule has 0 saturated carbocycles. The SMILES string of the molecule is CN(CCC(=O)c1cccc(Cl)c1Cl)CC1CCCN1C. The summed E-state index contributed by atoms with van der Waals surface area (Å²) >= 11 is 12.0. The molecule has 0 radical (unpaired) electrons. The summed E-state index contributed by atoms with van der Waals surface area (Å²) in [5, 5.41) is 0.797. The molecule has 1 aromatic rings. The fourth-order valence-electron chi connectivity index (χ4n) is 2.81. The highest BCUT2D eigenvalue weighted by Gasteiger charge is 2.22. The van der Waals surface area contributed by atoms with E-state index in [1.54, 1.807) is 18.2 Å². The highest BCUT2D eigenvalue weighted by atomic mass is 35.5. The lowest BCUT2D eigenvalue weighted by molar-refractivity contribution is 0.0964. The summed E-state index contributed by atoms with van der Waals surface area (Å²) in [5.74, 6) is 0.0501. The zero-order valence-corrected chi connectivity index (χ0v) is 14.1. The van der Waals surface area contributed by atoms with Crippen LogP contribution in [0.15, 0.2) is 18.2 Å². The van der Waals surface area contributed by atoms with Crippen LogP contribution in [0.5, 0.6) is 0 Å². The van der Waals surface area contributed by atoms with E-state index in [4.69, 9.17) is 23.2 Å². The van der Waals surface area contributed by atoms with Gasteiger partial charge in [-0.15, -0.1) is 0 Å². The summed E-state index contributed by atoms with van der Waals surface area (Å²) in [7, 11) is 4.24. The van der Waals surface area contributed by atoms with Gasteiger partial charge in [0, 0.05) is 31.1 Å². The Bertz CT molecular complexity index is 507. The van der Waals surface area contributed by atoms with E-state index in [1.807, 2.05) is 0 Å². The van der Waals surface area contributed by atoms with Crippen LogP contribution in [0.3, 0.4) is 0 Å². The molecule has 1 aliphatic heterocycles. The minimum Gasteiger partial charge on any atom is -0.304 e. The van der Waals surface area contributed by atoms with Crippen LogP contribution in [-0.2, 0) is 0 Å². The molecule has 1 aliphatic rings. The number of rotatable bonds is 6. The molecule has 21 heavy (non-hydrogen) atoms. The van der Waals surface area contributed by atoms with Crippen LogP contribution in [0, 0.1) is 0 Å². The Morgan fingerprint density at radius 3 is 2.86 bits per heavy atom. The Balaban J connectivity index is 1.84. The quantitative estimate of drug-likeness (QED) is 0.745. The van der Waals surface area contributed by atoms with Crippen LogP contribution in [0.2, 0.25) is 10.0 Å². The van der Waals surface area contributed by atoms with Crippen LogP contribution in [0.25, 0.3) is 0 Å². The number of halogens is 2. The van der Waals surface area contributed by atoms with Crippen molar-refractivity contribution in [1.29, 1.82) is 0 Å². The van der Waals surface area contributed by atoms with E-state index < -0.39 is 0 Å². The van der Waals surface area contributed by atoms with Gasteiger partial charge in [-0.2, -0.15) is 0 Å². The molecule has 0 spiro atoms. The first-order valence-corrected chi connectivity index (χ1v) is 8.10. The maximum absolute atomic E-state index is 12.2. The summed E-state index contributed by atoms with van der Waals surface area (Å²) in [6.07, 6.45) is 2.98. The van der Waals surface area contributed by atoms with E-state index in [0.29, 0.717) is 28.1 Å². The molecule has 0 aromatic heterocycles. The van der Waals surface area contributed by atoms with Gasteiger partial charge in [0.2, 0.25) is 0 Å². The third-order valence-electron chi connectivity index (χ3n) is 4.17. The second-order valence-electron chi connectivity index (χ2n) is 5.81. The van der Waals surface area contributed by atoms with Crippen LogP contribution in [0.4, 0.5) is 0 Å². The molecule has 1 heterocycles. The predicted molar refractivity (Wildman–Crippen MR) is 88.6 cm³/mol. The predicted octanol–water partition coefficient (Wildman–Crippen LogP) is 3.59. The number of likely N-dealkylation sites (N-methyl/N-ethyl adjacent to an activating group) is 2. The van der Waals surface area contributed by atoms with E-state index in [2.05, 4.69) is 23.9 Å². The van der Waals surface area contributed by atoms with Gasteiger partial charge in [0.05, 0.1) is 10.0 Å². The maximum atomic E-state index is 12.2. The topological polar surface area (TPSA) is 23.6 Å². The van der Waals surface area contributed by atoms with Gasteiger partial charge in [-0.1, -0.05) is 29.3 Å². The molecular formula is C16H22Cl2N2O. The Morgan fingerprint density at radius 2 is 2.19 bits per heavy atom. The van der Waals surface area contributed by atoms with E-state index in [-0.39, 0.29) is 5.78 Å². The molecule has 1 atom stereocenters. The van der Waals surface area contributed by atoms with Crippen molar-refractivity contribution in [3.05, 3.63) is 33.8 Å². The van der Waals surface area contributed by atoms with E-state index in [1.165, 1.54) is 19.4 Å². The van der Waals surface area contributed by atoms with Crippen molar-refractivity contribution >= 4 is 29.0 Å².